The van der Waals surface area contributed by atoms with Gasteiger partial charge in [0, 0.05) is 31.9 Å². The van der Waals surface area contributed by atoms with Crippen LogP contribution >= 0.6 is 0 Å². The van der Waals surface area contributed by atoms with Gasteiger partial charge in [-0.3, -0.25) is 0 Å². The first-order valence-electron chi connectivity index (χ1n) is 44.4. The van der Waals surface area contributed by atoms with Crippen molar-refractivity contribution in [2.75, 3.05) is 6.61 Å². The zero-order valence-corrected chi connectivity index (χ0v) is 72.8. The Kier molecular flexibility index (Phi) is 33.5. The maximum absolute atomic E-state index is 13.0. The Hall–Kier alpha value is -4.45. The Morgan fingerprint density at radius 2 is 1.01 bits per heavy atom. The molecule has 10 rings (SSSR count). The summed E-state index contributed by atoms with van der Waals surface area (Å²) in [7, 11) is 0. The minimum atomic E-state index is -0.680. The van der Waals surface area contributed by atoms with E-state index in [-0.39, 0.29) is 16.9 Å². The molecule has 110 heavy (non-hydrogen) atoms. The standard InChI is InChI=1S/C47H70O3.C28H46O2.C26H42O4/c1-32(2)15-11-18-36(6)42-25-26-43-38(20-14-28-47(42,43)10)22-23-39-30-40(48)31-44(37(39)7)50-45(49)29-34(4)17-12-16-33(3)21-24-41-35(5)19-13-27-46(41,8)9;1-18(2)19(3)9-10-20(4)25-13-14-26-22(8-7-15-28(25,26)6)11-12-23-16-24(29)17-27(30)21(23)5;1-17-20(15-21(27)16-24(17)28)9-8-19-7-6-12-26(5)22(10-11-23(19)26)18(2)30-14-13-25(3,4)29/h12,16-17,21-24,29,32,36,40,42-44,48H,7,11,13-15,18-20,25-28,30-31H2,1-6,8-10H3;11-12,18-20,24-27,29-30H,5,7-10,13-17H2,1-4,6H3;8-9,18,21-24,27-29H,1,6-7,10-16H2,2-5H3/b17-12+,24-21+,33-16+,34-29+,38-22+,39-23-;22-11+,23-12-;19-8+,20-9-/t36-,40-,42-,43?,44+,47?;19?,20-,24-,25-,26?,27+,28?;18-,21+,22+,23?,24-,26?/m110/s1. The molecule has 0 radical (unpaired) electrons. The van der Waals surface area contributed by atoms with Gasteiger partial charge in [0.2, 0.25) is 0 Å². The van der Waals surface area contributed by atoms with Gasteiger partial charge in [-0.25, -0.2) is 4.79 Å². The normalized spacial score (nSPS) is 35.8. The number of hydrogen-bond acceptors (Lipinski definition) is 9. The van der Waals surface area contributed by atoms with Gasteiger partial charge in [0.25, 0.3) is 0 Å². The van der Waals surface area contributed by atoms with E-state index in [4.69, 9.17) is 9.47 Å². The molecule has 9 saturated carbocycles. The largest absolute Gasteiger partial charge is 0.454 e. The minimum Gasteiger partial charge on any atom is -0.454 e. The molecule has 0 aromatic carbocycles. The molecule has 0 aromatic heterocycles. The highest BCUT2D eigenvalue weighted by molar-refractivity contribution is 5.83. The Balaban J connectivity index is 0.000000219. The van der Waals surface area contributed by atoms with Gasteiger partial charge in [-0.1, -0.05) is 230 Å². The molecule has 10 aliphatic rings. The number of hydrogen-bond donors (Lipinski definition) is 6. The molecule has 0 heterocycles. The summed E-state index contributed by atoms with van der Waals surface area (Å²) in [5.41, 5.74) is 15.6. The van der Waals surface area contributed by atoms with E-state index in [0.29, 0.717) is 86.1 Å². The topological polar surface area (TPSA) is 157 Å². The summed E-state index contributed by atoms with van der Waals surface area (Å²) in [6, 6.07) is 0. The molecule has 0 saturated heterocycles. The monoisotopic (exact) mass is 1520 g/mol. The molecule has 9 nitrogen and oxygen atoms in total. The van der Waals surface area contributed by atoms with Crippen molar-refractivity contribution in [2.24, 2.45) is 86.8 Å². The van der Waals surface area contributed by atoms with Crippen LogP contribution in [0.4, 0.5) is 0 Å². The zero-order chi connectivity index (χ0) is 80.8. The molecule has 0 amide bonds. The quantitative estimate of drug-likeness (QED) is 0.0315. The van der Waals surface area contributed by atoms with E-state index in [1.54, 1.807) is 11.1 Å². The maximum atomic E-state index is 13.0. The van der Waals surface area contributed by atoms with E-state index in [0.717, 1.165) is 98.9 Å². The van der Waals surface area contributed by atoms with Crippen LogP contribution in [0, 0.1) is 86.8 Å². The smallest absolute Gasteiger partial charge is 0.331 e. The fraction of sp³-hybridized carbons (Fsp3) is 0.713. The van der Waals surface area contributed by atoms with Gasteiger partial charge < -0.3 is 40.1 Å². The Morgan fingerprint density at radius 1 is 0.555 bits per heavy atom. The van der Waals surface area contributed by atoms with Crippen LogP contribution in [0.5, 0.6) is 0 Å². The van der Waals surface area contributed by atoms with E-state index < -0.39 is 48.2 Å². The predicted octanol–water partition coefficient (Wildman–Crippen LogP) is 24.2. The zero-order valence-electron chi connectivity index (χ0n) is 72.8. The maximum Gasteiger partial charge on any atom is 0.331 e. The van der Waals surface area contributed by atoms with E-state index in [9.17, 15) is 35.4 Å². The molecule has 7 unspecified atom stereocenters. The van der Waals surface area contributed by atoms with Crippen molar-refractivity contribution in [3.63, 3.8) is 0 Å². The third-order valence-electron chi connectivity index (χ3n) is 30.0. The van der Waals surface area contributed by atoms with Crippen LogP contribution in [-0.4, -0.2) is 91.5 Å². The predicted molar refractivity (Wildman–Crippen MR) is 461 cm³/mol. The first-order chi connectivity index (χ1) is 51.7. The van der Waals surface area contributed by atoms with E-state index in [2.05, 4.69) is 178 Å². The number of rotatable bonds is 24. The van der Waals surface area contributed by atoms with Crippen molar-refractivity contribution < 1.29 is 44.9 Å². The van der Waals surface area contributed by atoms with Gasteiger partial charge in [-0.2, -0.15) is 0 Å². The van der Waals surface area contributed by atoms with Gasteiger partial charge >= 0.3 is 5.97 Å². The van der Waals surface area contributed by atoms with Crippen molar-refractivity contribution in [1.82, 2.24) is 0 Å². The van der Waals surface area contributed by atoms with Gasteiger partial charge in [0.15, 0.2) is 0 Å². The van der Waals surface area contributed by atoms with Crippen LogP contribution in [0.3, 0.4) is 0 Å². The SMILES string of the molecule is C=C1/C(=C\C=C2/CCCC3(C)C2CC[C@@H]3[C@H](C)CCC(C)C(C)C)C[C@@H](O)C[C@@H]1O.C=C1/C(=C\C=C2/CCCC3(C)C2CC[C@@H]3[C@H](C)CCCC(C)C)C[C@@H](O)C[C@@H]1OC(=O)/C=C(C)/C=C/C=C(C)/C=C/C1=C(C)CCCC1(C)C.C=C1/C(=C\C=C2/CCCC3(C)C2CC[C@@H]3[C@H](C)OCCC(C)(C)O)C[C@@H](O)C[C@@H]1O. The molecule has 19 atom stereocenters. The van der Waals surface area contributed by atoms with Crippen LogP contribution in [-0.2, 0) is 14.3 Å². The number of carbonyl (C=O) groups excluding carboxylic acids is 1. The number of carbonyl (C=O) groups is 1. The van der Waals surface area contributed by atoms with Gasteiger partial charge in [0.1, 0.15) is 6.10 Å². The molecule has 9 heteroatoms. The van der Waals surface area contributed by atoms with Crippen molar-refractivity contribution in [3.8, 4) is 0 Å². The molecule has 0 bridgehead atoms. The van der Waals surface area contributed by atoms with Crippen molar-refractivity contribution in [2.45, 2.75) is 366 Å². The Morgan fingerprint density at radius 3 is 1.48 bits per heavy atom. The second kappa shape index (κ2) is 40.4. The average molecular weight is 1520 g/mol. The summed E-state index contributed by atoms with van der Waals surface area (Å²) in [5.74, 6) is 7.67. The number of aliphatic hydroxyl groups excluding tert-OH is 5. The Bertz CT molecular complexity index is 3480. The number of ether oxygens (including phenoxy) is 2. The third kappa shape index (κ3) is 24.1. The molecule has 0 aromatic rings. The first-order valence-corrected chi connectivity index (χ1v) is 44.4. The molecule has 0 aliphatic heterocycles. The molecule has 616 valence electrons. The molecular formula is C101H158O9. The first kappa shape index (κ1) is 91.1. The number of esters is 1. The molecule has 0 spiro atoms. The molecule has 10 aliphatic carbocycles. The molecular weight excluding hydrogens is 1360 g/mol. The van der Waals surface area contributed by atoms with Gasteiger partial charge in [-0.15, -0.1) is 0 Å². The highest BCUT2D eigenvalue weighted by Gasteiger charge is 2.54. The van der Waals surface area contributed by atoms with Gasteiger partial charge in [-0.05, 0) is 314 Å². The van der Waals surface area contributed by atoms with Crippen molar-refractivity contribution >= 4 is 5.97 Å². The minimum absolute atomic E-state index is 0.198. The third-order valence-corrected chi connectivity index (χ3v) is 30.0. The second-order valence-corrected chi connectivity index (χ2v) is 40.0. The number of aliphatic hydroxyl groups is 6. The van der Waals surface area contributed by atoms with Crippen LogP contribution in [0.25, 0.3) is 0 Å². The van der Waals surface area contributed by atoms with Crippen molar-refractivity contribution in [1.29, 1.82) is 0 Å². The highest BCUT2D eigenvalue weighted by Crippen LogP contribution is 2.63. The summed E-state index contributed by atoms with van der Waals surface area (Å²) in [5, 5.41) is 61.1. The second-order valence-electron chi connectivity index (χ2n) is 40.0. The number of allylic oxidation sites excluding steroid dienone is 18. The lowest BCUT2D eigenvalue weighted by atomic mass is 9.60. The molecule has 6 N–H and O–H groups in total. The van der Waals surface area contributed by atoms with Gasteiger partial charge in [0.05, 0.1) is 42.2 Å². The van der Waals surface area contributed by atoms with Crippen LogP contribution < -0.4 is 0 Å². The summed E-state index contributed by atoms with van der Waals surface area (Å²) in [6.45, 7) is 54.3. The lowest BCUT2D eigenvalue weighted by Gasteiger charge is -2.44. The van der Waals surface area contributed by atoms with Crippen LogP contribution in [0.2, 0.25) is 0 Å². The fourth-order valence-electron chi connectivity index (χ4n) is 22.7. The van der Waals surface area contributed by atoms with Crippen LogP contribution in [0.15, 0.2) is 165 Å². The lowest BCUT2D eigenvalue weighted by molar-refractivity contribution is -0.142. The number of fused-ring (bicyclic) bond motifs is 3. The molecule has 9 fully saturated rings. The summed E-state index contributed by atoms with van der Waals surface area (Å²) in [6.07, 6.45) is 55.3. The van der Waals surface area contributed by atoms with Crippen molar-refractivity contribution in [3.05, 3.63) is 165 Å². The van der Waals surface area contributed by atoms with E-state index in [1.807, 2.05) is 32.9 Å². The lowest BCUT2D eigenvalue weighted by Crippen LogP contribution is -2.39. The average Bonchev–Trinajstić information content (AvgIpc) is 1.64. The summed E-state index contributed by atoms with van der Waals surface area (Å²) in [4.78, 5) is 13.0. The Labute approximate surface area is 671 Å². The summed E-state index contributed by atoms with van der Waals surface area (Å²) < 4.78 is 12.1. The fourth-order valence-corrected chi connectivity index (χ4v) is 22.7. The van der Waals surface area contributed by atoms with E-state index >= 15 is 0 Å². The summed E-state index contributed by atoms with van der Waals surface area (Å²) >= 11 is 0. The van der Waals surface area contributed by atoms with Crippen LogP contribution in [0.1, 0.15) is 317 Å². The van der Waals surface area contributed by atoms with E-state index in [1.165, 1.54) is 158 Å². The highest BCUT2D eigenvalue weighted by atomic mass is 16.5.